The second-order valence-corrected chi connectivity index (χ2v) is 5.81. The lowest BCUT2D eigenvalue weighted by molar-refractivity contribution is -0.222. The van der Waals surface area contributed by atoms with E-state index in [9.17, 15) is 14.4 Å². The zero-order valence-corrected chi connectivity index (χ0v) is 14.1. The molecule has 1 fully saturated rings. The number of nitrogens with one attached hydrogen (secondary N) is 2. The van der Waals surface area contributed by atoms with Crippen LogP contribution < -0.4 is 10.6 Å². The van der Waals surface area contributed by atoms with Gasteiger partial charge in [-0.3, -0.25) is 4.79 Å². The molecular formula is C17H20N2O5. The fourth-order valence-electron chi connectivity index (χ4n) is 2.03. The largest absolute Gasteiger partial charge is 0.419 e. The topological polar surface area (TPSA) is 93.7 Å². The van der Waals surface area contributed by atoms with Crippen molar-refractivity contribution in [1.29, 1.82) is 0 Å². The van der Waals surface area contributed by atoms with Crippen LogP contribution >= 0.6 is 0 Å². The molecule has 7 heteroatoms. The van der Waals surface area contributed by atoms with E-state index in [1.165, 1.54) is 20.0 Å². The number of anilines is 2. The van der Waals surface area contributed by atoms with E-state index in [1.54, 1.807) is 19.1 Å². The highest BCUT2D eigenvalue weighted by Crippen LogP contribution is 2.24. The first kappa shape index (κ1) is 17.5. The van der Waals surface area contributed by atoms with Gasteiger partial charge in [-0.25, -0.2) is 9.59 Å². The molecule has 2 N–H and O–H groups in total. The average Bonchev–Trinajstić information content (AvgIpc) is 2.48. The van der Waals surface area contributed by atoms with Gasteiger partial charge < -0.3 is 20.1 Å². The third kappa shape index (κ3) is 4.13. The summed E-state index contributed by atoms with van der Waals surface area (Å²) in [6.45, 7) is 6.58. The van der Waals surface area contributed by atoms with Gasteiger partial charge in [-0.1, -0.05) is 13.0 Å². The number of amides is 1. The highest BCUT2D eigenvalue weighted by molar-refractivity contribution is 6.15. The van der Waals surface area contributed by atoms with Gasteiger partial charge in [0.1, 0.15) is 0 Å². The van der Waals surface area contributed by atoms with Gasteiger partial charge >= 0.3 is 11.9 Å². The molecule has 1 aromatic carbocycles. The highest BCUT2D eigenvalue weighted by Gasteiger charge is 2.38. The van der Waals surface area contributed by atoms with Crippen molar-refractivity contribution in [2.45, 2.75) is 39.9 Å². The SMILES string of the molecule is CCC(=O)Nc1ccc(C)c(NC=C2C(=O)OC(C)(C)OC2=O)c1. The predicted molar refractivity (Wildman–Crippen MR) is 88.1 cm³/mol. The van der Waals surface area contributed by atoms with Gasteiger partial charge in [0, 0.05) is 37.8 Å². The Labute approximate surface area is 140 Å². The van der Waals surface area contributed by atoms with Crippen molar-refractivity contribution < 1.29 is 23.9 Å². The maximum Gasteiger partial charge on any atom is 0.350 e. The lowest BCUT2D eigenvalue weighted by atomic mass is 10.1. The lowest BCUT2D eigenvalue weighted by Gasteiger charge is -2.29. The maximum atomic E-state index is 11.9. The van der Waals surface area contributed by atoms with Crippen LogP contribution in [0.25, 0.3) is 0 Å². The van der Waals surface area contributed by atoms with Crippen LogP contribution in [-0.4, -0.2) is 23.6 Å². The van der Waals surface area contributed by atoms with Crippen molar-refractivity contribution in [3.8, 4) is 0 Å². The van der Waals surface area contributed by atoms with Crippen LogP contribution in [0.15, 0.2) is 30.0 Å². The summed E-state index contributed by atoms with van der Waals surface area (Å²) in [5.74, 6) is -2.88. The zero-order chi connectivity index (χ0) is 17.9. The van der Waals surface area contributed by atoms with Crippen molar-refractivity contribution in [3.63, 3.8) is 0 Å². The molecule has 1 saturated heterocycles. The molecule has 0 spiro atoms. The molecule has 7 nitrogen and oxygen atoms in total. The van der Waals surface area contributed by atoms with Crippen molar-refractivity contribution in [2.75, 3.05) is 10.6 Å². The molecule has 2 rings (SSSR count). The molecule has 0 aliphatic carbocycles. The molecule has 0 radical (unpaired) electrons. The third-order valence-corrected chi connectivity index (χ3v) is 3.33. The van der Waals surface area contributed by atoms with Crippen molar-refractivity contribution in [3.05, 3.63) is 35.5 Å². The minimum absolute atomic E-state index is 0.107. The predicted octanol–water partition coefficient (Wildman–Crippen LogP) is 2.48. The van der Waals surface area contributed by atoms with Crippen LogP contribution in [0, 0.1) is 6.92 Å². The van der Waals surface area contributed by atoms with E-state index >= 15 is 0 Å². The molecule has 0 atom stereocenters. The van der Waals surface area contributed by atoms with Crippen LogP contribution in [-0.2, 0) is 23.9 Å². The van der Waals surface area contributed by atoms with E-state index < -0.39 is 17.7 Å². The number of aryl methyl sites for hydroxylation is 1. The minimum Gasteiger partial charge on any atom is -0.419 e. The number of cyclic esters (lactones) is 2. The van der Waals surface area contributed by atoms with Gasteiger partial charge in [-0.15, -0.1) is 0 Å². The number of carbonyl (C=O) groups excluding carboxylic acids is 3. The van der Waals surface area contributed by atoms with E-state index in [4.69, 9.17) is 9.47 Å². The summed E-state index contributed by atoms with van der Waals surface area (Å²) in [6.07, 6.45) is 1.61. The molecule has 0 aromatic heterocycles. The number of hydrogen-bond donors (Lipinski definition) is 2. The lowest BCUT2D eigenvalue weighted by Crippen LogP contribution is -2.42. The van der Waals surface area contributed by atoms with E-state index in [-0.39, 0.29) is 11.5 Å². The van der Waals surface area contributed by atoms with Gasteiger partial charge in [0.25, 0.3) is 5.79 Å². The Morgan fingerprint density at radius 1 is 1.21 bits per heavy atom. The molecule has 1 aliphatic heterocycles. The normalized spacial score (nSPS) is 16.1. The average molecular weight is 332 g/mol. The fourth-order valence-corrected chi connectivity index (χ4v) is 2.03. The summed E-state index contributed by atoms with van der Waals surface area (Å²) < 4.78 is 10.0. The van der Waals surface area contributed by atoms with E-state index in [0.29, 0.717) is 17.8 Å². The zero-order valence-electron chi connectivity index (χ0n) is 14.1. The molecular weight excluding hydrogens is 312 g/mol. The first-order valence-corrected chi connectivity index (χ1v) is 7.55. The molecule has 0 saturated carbocycles. The Kier molecular flexibility index (Phi) is 4.92. The Balaban J connectivity index is 2.19. The van der Waals surface area contributed by atoms with Gasteiger partial charge in [0.2, 0.25) is 5.91 Å². The summed E-state index contributed by atoms with van der Waals surface area (Å²) in [6, 6.07) is 5.29. The van der Waals surface area contributed by atoms with Crippen LogP contribution in [0.2, 0.25) is 0 Å². The molecule has 0 bridgehead atoms. The quantitative estimate of drug-likeness (QED) is 0.500. The highest BCUT2D eigenvalue weighted by atomic mass is 16.7. The first-order chi connectivity index (χ1) is 11.2. The Hall–Kier alpha value is -2.83. The summed E-state index contributed by atoms with van der Waals surface area (Å²) in [4.78, 5) is 35.2. The Morgan fingerprint density at radius 2 is 1.83 bits per heavy atom. The second-order valence-electron chi connectivity index (χ2n) is 5.81. The minimum atomic E-state index is -1.27. The first-order valence-electron chi connectivity index (χ1n) is 7.55. The van der Waals surface area contributed by atoms with Gasteiger partial charge in [0.15, 0.2) is 5.57 Å². The Morgan fingerprint density at radius 3 is 2.42 bits per heavy atom. The molecule has 0 unspecified atom stereocenters. The fraction of sp³-hybridized carbons (Fsp3) is 0.353. The Bertz CT molecular complexity index is 700. The molecule has 1 heterocycles. The summed E-state index contributed by atoms with van der Waals surface area (Å²) >= 11 is 0. The van der Waals surface area contributed by atoms with E-state index in [1.807, 2.05) is 13.0 Å². The van der Waals surface area contributed by atoms with E-state index in [0.717, 1.165) is 5.56 Å². The van der Waals surface area contributed by atoms with E-state index in [2.05, 4.69) is 10.6 Å². The second kappa shape index (κ2) is 6.74. The summed E-state index contributed by atoms with van der Waals surface area (Å²) in [5, 5.41) is 5.63. The van der Waals surface area contributed by atoms with Crippen LogP contribution in [0.4, 0.5) is 11.4 Å². The van der Waals surface area contributed by atoms with Crippen LogP contribution in [0.5, 0.6) is 0 Å². The summed E-state index contributed by atoms with van der Waals surface area (Å²) in [7, 11) is 0. The van der Waals surface area contributed by atoms with Gasteiger partial charge in [-0.05, 0) is 24.6 Å². The van der Waals surface area contributed by atoms with Gasteiger partial charge in [-0.2, -0.15) is 0 Å². The molecule has 1 aliphatic rings. The molecule has 1 aromatic rings. The number of carbonyl (C=O) groups is 3. The summed E-state index contributed by atoms with van der Waals surface area (Å²) in [5.41, 5.74) is 1.90. The molecule has 128 valence electrons. The molecule has 1 amide bonds. The number of ether oxygens (including phenoxy) is 2. The van der Waals surface area contributed by atoms with Crippen molar-refractivity contribution >= 4 is 29.2 Å². The monoisotopic (exact) mass is 332 g/mol. The standard InChI is InChI=1S/C17H20N2O5/c1-5-14(20)19-11-7-6-10(2)13(8-11)18-9-12-15(21)23-17(3,4)24-16(12)22/h6-9,18H,5H2,1-4H3,(H,19,20). The number of esters is 2. The molecule has 24 heavy (non-hydrogen) atoms. The van der Waals surface area contributed by atoms with Crippen molar-refractivity contribution in [1.82, 2.24) is 0 Å². The third-order valence-electron chi connectivity index (χ3n) is 3.33. The number of benzene rings is 1. The van der Waals surface area contributed by atoms with Crippen LogP contribution in [0.3, 0.4) is 0 Å². The number of rotatable bonds is 4. The van der Waals surface area contributed by atoms with Crippen molar-refractivity contribution in [2.24, 2.45) is 0 Å². The maximum absolute atomic E-state index is 11.9. The number of hydrogen-bond acceptors (Lipinski definition) is 6. The van der Waals surface area contributed by atoms with Crippen LogP contribution in [0.1, 0.15) is 32.8 Å². The smallest absolute Gasteiger partial charge is 0.350 e. The van der Waals surface area contributed by atoms with Gasteiger partial charge in [0.05, 0.1) is 0 Å².